The fourth-order valence-corrected chi connectivity index (χ4v) is 3.19. The molecule has 0 bridgehead atoms. The largest absolute Gasteiger partial charge is 0.345 e. The molecule has 0 aliphatic rings. The monoisotopic (exact) mass is 355 g/mol. The Labute approximate surface area is 151 Å². The molecule has 130 valence electrons. The predicted octanol–water partition coefficient (Wildman–Crippen LogP) is 3.77. The highest BCUT2D eigenvalue weighted by Gasteiger charge is 2.21. The van der Waals surface area contributed by atoms with Gasteiger partial charge in [0.15, 0.2) is 5.69 Å². The molecule has 3 aromatic rings. The minimum absolute atomic E-state index is 0.0774. The molecule has 0 saturated heterocycles. The van der Waals surface area contributed by atoms with Crippen LogP contribution in [0.15, 0.2) is 48.2 Å². The molecule has 0 aliphatic carbocycles. The molecule has 7 heteroatoms. The maximum Gasteiger partial charge on any atom is 0.275 e. The fourth-order valence-electron chi connectivity index (χ4n) is 2.50. The van der Waals surface area contributed by atoms with Crippen LogP contribution in [0.25, 0.3) is 0 Å². The van der Waals surface area contributed by atoms with E-state index in [1.54, 1.807) is 10.4 Å². The average Bonchev–Trinajstić information content (AvgIpc) is 3.29. The molecule has 2 heterocycles. The third-order valence-corrected chi connectivity index (χ3v) is 4.60. The molecule has 25 heavy (non-hydrogen) atoms. The Hall–Kier alpha value is -2.67. The zero-order valence-electron chi connectivity index (χ0n) is 14.3. The maximum atomic E-state index is 12.9. The Morgan fingerprint density at radius 3 is 2.76 bits per heavy atom. The van der Waals surface area contributed by atoms with E-state index in [4.69, 9.17) is 0 Å². The number of aromatic nitrogens is 3. The van der Waals surface area contributed by atoms with Crippen LogP contribution < -0.4 is 5.32 Å². The van der Waals surface area contributed by atoms with E-state index in [0.29, 0.717) is 18.8 Å². The van der Waals surface area contributed by atoms with Gasteiger partial charge in [0.25, 0.3) is 5.91 Å². The highest BCUT2D eigenvalue weighted by atomic mass is 32.1. The van der Waals surface area contributed by atoms with Gasteiger partial charge in [-0.25, -0.2) is 4.98 Å². The maximum absolute atomic E-state index is 12.9. The van der Waals surface area contributed by atoms with Crippen molar-refractivity contribution in [3.8, 4) is 0 Å². The van der Waals surface area contributed by atoms with Crippen molar-refractivity contribution in [1.29, 1.82) is 0 Å². The summed E-state index contributed by atoms with van der Waals surface area (Å²) in [5.41, 5.74) is 4.11. The Morgan fingerprint density at radius 2 is 2.08 bits per heavy atom. The van der Waals surface area contributed by atoms with Crippen LogP contribution >= 0.6 is 11.3 Å². The SMILES string of the molecule is CCN(Cc1cnn(CC)c1)C(=O)c1ncsc1Nc1ccccc1. The smallest absolute Gasteiger partial charge is 0.275 e. The van der Waals surface area contributed by atoms with Gasteiger partial charge in [-0.15, -0.1) is 11.3 Å². The molecule has 0 unspecified atom stereocenters. The van der Waals surface area contributed by atoms with Gasteiger partial charge >= 0.3 is 0 Å². The molecular weight excluding hydrogens is 334 g/mol. The first kappa shape index (κ1) is 17.2. The highest BCUT2D eigenvalue weighted by Crippen LogP contribution is 2.26. The van der Waals surface area contributed by atoms with Crippen molar-refractivity contribution < 1.29 is 4.79 Å². The number of carbonyl (C=O) groups is 1. The van der Waals surface area contributed by atoms with Crippen LogP contribution in [-0.4, -0.2) is 32.1 Å². The first-order valence-electron chi connectivity index (χ1n) is 8.27. The number of nitrogens with zero attached hydrogens (tertiary/aromatic N) is 4. The van der Waals surface area contributed by atoms with Crippen LogP contribution in [-0.2, 0) is 13.1 Å². The summed E-state index contributed by atoms with van der Waals surface area (Å²) < 4.78 is 1.86. The first-order valence-corrected chi connectivity index (χ1v) is 9.15. The van der Waals surface area contributed by atoms with Crippen LogP contribution in [0.2, 0.25) is 0 Å². The summed E-state index contributed by atoms with van der Waals surface area (Å²) in [6.45, 7) is 5.96. The van der Waals surface area contributed by atoms with Crippen molar-refractivity contribution in [3.63, 3.8) is 0 Å². The van der Waals surface area contributed by atoms with E-state index in [9.17, 15) is 4.79 Å². The van der Waals surface area contributed by atoms with Crippen molar-refractivity contribution in [2.45, 2.75) is 26.9 Å². The van der Waals surface area contributed by atoms with Crippen molar-refractivity contribution in [1.82, 2.24) is 19.7 Å². The number of amides is 1. The molecule has 6 nitrogen and oxygen atoms in total. The number of benzene rings is 1. The quantitative estimate of drug-likeness (QED) is 0.701. The van der Waals surface area contributed by atoms with Crippen LogP contribution in [0.4, 0.5) is 10.7 Å². The molecule has 0 aliphatic heterocycles. The van der Waals surface area contributed by atoms with Gasteiger partial charge in [0.2, 0.25) is 0 Å². The third-order valence-electron chi connectivity index (χ3n) is 3.85. The van der Waals surface area contributed by atoms with Gasteiger partial charge in [0.1, 0.15) is 5.00 Å². The fraction of sp³-hybridized carbons (Fsp3) is 0.278. The first-order chi connectivity index (χ1) is 12.2. The van der Waals surface area contributed by atoms with Crippen molar-refractivity contribution in [3.05, 3.63) is 59.5 Å². The van der Waals surface area contributed by atoms with Gasteiger partial charge < -0.3 is 10.2 Å². The number of para-hydroxylation sites is 1. The van der Waals surface area contributed by atoms with E-state index >= 15 is 0 Å². The van der Waals surface area contributed by atoms with Gasteiger partial charge in [-0.1, -0.05) is 18.2 Å². The summed E-state index contributed by atoms with van der Waals surface area (Å²) in [4.78, 5) is 19.0. The van der Waals surface area contributed by atoms with Crippen LogP contribution in [0.3, 0.4) is 0 Å². The second-order valence-corrected chi connectivity index (χ2v) is 6.40. The van der Waals surface area contributed by atoms with Crippen molar-refractivity contribution >= 4 is 27.9 Å². The summed E-state index contributed by atoms with van der Waals surface area (Å²) in [6, 6.07) is 9.79. The molecular formula is C18H21N5OS. The van der Waals surface area contributed by atoms with E-state index in [-0.39, 0.29) is 5.91 Å². The lowest BCUT2D eigenvalue weighted by Gasteiger charge is -2.19. The number of hydrogen-bond acceptors (Lipinski definition) is 5. The zero-order chi connectivity index (χ0) is 17.6. The lowest BCUT2D eigenvalue weighted by Crippen LogP contribution is -2.30. The topological polar surface area (TPSA) is 63.1 Å². The Bertz CT molecular complexity index is 827. The zero-order valence-corrected chi connectivity index (χ0v) is 15.2. The van der Waals surface area contributed by atoms with Crippen molar-refractivity contribution in [2.24, 2.45) is 0 Å². The molecule has 3 rings (SSSR count). The summed E-state index contributed by atoms with van der Waals surface area (Å²) >= 11 is 1.43. The number of carbonyl (C=O) groups excluding carboxylic acids is 1. The molecule has 0 radical (unpaired) electrons. The summed E-state index contributed by atoms with van der Waals surface area (Å²) in [7, 11) is 0. The molecule has 0 saturated carbocycles. The summed E-state index contributed by atoms with van der Waals surface area (Å²) in [5.74, 6) is -0.0774. The van der Waals surface area contributed by atoms with E-state index in [1.807, 2.05) is 61.3 Å². The van der Waals surface area contributed by atoms with Crippen molar-refractivity contribution in [2.75, 3.05) is 11.9 Å². The number of anilines is 2. The Balaban J connectivity index is 1.76. The molecule has 0 atom stereocenters. The summed E-state index contributed by atoms with van der Waals surface area (Å²) in [5, 5.41) is 8.31. The van der Waals surface area contributed by atoms with E-state index in [2.05, 4.69) is 15.4 Å². The van der Waals surface area contributed by atoms with Crippen LogP contribution in [0, 0.1) is 0 Å². The molecule has 0 spiro atoms. The predicted molar refractivity (Wildman–Crippen MR) is 100 cm³/mol. The molecule has 1 aromatic carbocycles. The molecule has 1 N–H and O–H groups in total. The second kappa shape index (κ2) is 7.94. The minimum Gasteiger partial charge on any atom is -0.345 e. The lowest BCUT2D eigenvalue weighted by atomic mass is 10.3. The number of aryl methyl sites for hydroxylation is 1. The van der Waals surface area contributed by atoms with Gasteiger partial charge in [-0.3, -0.25) is 9.48 Å². The van der Waals surface area contributed by atoms with E-state index in [1.165, 1.54) is 11.3 Å². The standard InChI is InChI=1S/C18H21N5OS/c1-3-22(11-14-10-20-23(4-2)12-14)18(24)16-17(25-13-19-16)21-15-8-6-5-7-9-15/h5-10,12-13,21H,3-4,11H2,1-2H3. The normalized spacial score (nSPS) is 10.6. The number of nitrogens with one attached hydrogen (secondary N) is 1. The second-order valence-electron chi connectivity index (χ2n) is 5.54. The van der Waals surface area contributed by atoms with Gasteiger partial charge in [-0.2, -0.15) is 5.10 Å². The van der Waals surface area contributed by atoms with Crippen LogP contribution in [0.5, 0.6) is 0 Å². The number of thiazole rings is 1. The van der Waals surface area contributed by atoms with Gasteiger partial charge in [-0.05, 0) is 26.0 Å². The number of rotatable bonds is 7. The van der Waals surface area contributed by atoms with Gasteiger partial charge in [0, 0.05) is 37.1 Å². The molecule has 0 fully saturated rings. The summed E-state index contributed by atoms with van der Waals surface area (Å²) in [6.07, 6.45) is 3.78. The Morgan fingerprint density at radius 1 is 1.28 bits per heavy atom. The van der Waals surface area contributed by atoms with E-state index < -0.39 is 0 Å². The molecule has 1 amide bonds. The van der Waals surface area contributed by atoms with Crippen LogP contribution in [0.1, 0.15) is 29.9 Å². The lowest BCUT2D eigenvalue weighted by molar-refractivity contribution is 0.0748. The van der Waals surface area contributed by atoms with Gasteiger partial charge in [0.05, 0.1) is 11.7 Å². The average molecular weight is 355 g/mol. The Kier molecular flexibility index (Phi) is 5.45. The minimum atomic E-state index is -0.0774. The third kappa shape index (κ3) is 4.06. The number of hydrogen-bond donors (Lipinski definition) is 1. The molecule has 2 aromatic heterocycles. The highest BCUT2D eigenvalue weighted by molar-refractivity contribution is 7.14. The van der Waals surface area contributed by atoms with E-state index in [0.717, 1.165) is 22.8 Å².